The first-order valence-corrected chi connectivity index (χ1v) is 10.7. The van der Waals surface area contributed by atoms with E-state index in [9.17, 15) is 26.4 Å². The molecule has 1 saturated heterocycles. The summed E-state index contributed by atoms with van der Waals surface area (Å²) in [6.45, 7) is 0.407. The van der Waals surface area contributed by atoms with E-state index in [1.807, 2.05) is 0 Å². The van der Waals surface area contributed by atoms with E-state index in [2.05, 4.69) is 0 Å². The van der Waals surface area contributed by atoms with Crippen LogP contribution in [0, 0.1) is 0 Å². The summed E-state index contributed by atoms with van der Waals surface area (Å²) in [7, 11) is -4.37. The molecule has 2 aromatic rings. The summed E-state index contributed by atoms with van der Waals surface area (Å²) in [5.41, 5.74) is -1.49. The van der Waals surface area contributed by atoms with Gasteiger partial charge >= 0.3 is 6.18 Å². The summed E-state index contributed by atoms with van der Waals surface area (Å²) >= 11 is 6.09. The molecule has 1 heterocycles. The molecule has 0 bridgehead atoms. The average Bonchev–Trinajstić information content (AvgIpc) is 2.73. The fourth-order valence-corrected chi connectivity index (χ4v) is 4.65. The van der Waals surface area contributed by atoms with E-state index in [0.717, 1.165) is 12.1 Å². The van der Waals surface area contributed by atoms with E-state index in [4.69, 9.17) is 16.3 Å². The van der Waals surface area contributed by atoms with Gasteiger partial charge in [-0.05, 0) is 30.3 Å². The van der Waals surface area contributed by atoms with E-state index >= 15 is 0 Å². The second kappa shape index (κ2) is 8.83. The third-order valence-electron chi connectivity index (χ3n) is 4.52. The number of amides is 1. The maximum Gasteiger partial charge on any atom is 0.416 e. The molecule has 0 atom stereocenters. The Morgan fingerprint density at radius 1 is 1.10 bits per heavy atom. The van der Waals surface area contributed by atoms with Crippen molar-refractivity contribution in [1.29, 1.82) is 0 Å². The van der Waals surface area contributed by atoms with Gasteiger partial charge in [-0.25, -0.2) is 8.42 Å². The smallest absolute Gasteiger partial charge is 0.378 e. The van der Waals surface area contributed by atoms with Crippen LogP contribution in [0.15, 0.2) is 53.4 Å². The summed E-state index contributed by atoms with van der Waals surface area (Å²) in [5.74, 6) is -0.564. The van der Waals surface area contributed by atoms with Crippen molar-refractivity contribution in [2.24, 2.45) is 0 Å². The molecule has 0 aromatic heterocycles. The predicted molar refractivity (Wildman–Crippen MR) is 105 cm³/mol. The Morgan fingerprint density at radius 3 is 2.33 bits per heavy atom. The normalized spacial score (nSPS) is 15.1. The van der Waals surface area contributed by atoms with Crippen molar-refractivity contribution < 1.29 is 31.1 Å². The zero-order chi connectivity index (χ0) is 21.9. The molecule has 6 nitrogen and oxygen atoms in total. The Morgan fingerprint density at radius 2 is 1.73 bits per heavy atom. The second-order valence-corrected chi connectivity index (χ2v) is 8.75. The molecule has 0 N–H and O–H groups in total. The van der Waals surface area contributed by atoms with Crippen LogP contribution >= 0.6 is 11.6 Å². The SMILES string of the molecule is O=C(CN(c1cc(C(F)(F)F)ccc1Cl)S(=O)(=O)c1ccccc1)N1CCOCC1. The van der Waals surface area contributed by atoms with E-state index in [-0.39, 0.29) is 23.0 Å². The number of carbonyl (C=O) groups excluding carboxylic acids is 1. The van der Waals surface area contributed by atoms with Crippen LogP contribution in [0.4, 0.5) is 18.9 Å². The minimum atomic E-state index is -4.71. The molecule has 1 amide bonds. The lowest BCUT2D eigenvalue weighted by Crippen LogP contribution is -2.47. The first-order chi connectivity index (χ1) is 14.1. The topological polar surface area (TPSA) is 66.9 Å². The molecule has 1 fully saturated rings. The number of hydrogen-bond acceptors (Lipinski definition) is 4. The summed E-state index contributed by atoms with van der Waals surface area (Å²) in [5, 5.41) is -0.225. The van der Waals surface area contributed by atoms with Gasteiger partial charge in [-0.1, -0.05) is 29.8 Å². The van der Waals surface area contributed by atoms with Crippen LogP contribution in [0.2, 0.25) is 5.02 Å². The summed E-state index contributed by atoms with van der Waals surface area (Å²) in [6, 6.07) is 9.49. The van der Waals surface area contributed by atoms with Gasteiger partial charge < -0.3 is 9.64 Å². The number of halogens is 4. The van der Waals surface area contributed by atoms with E-state index in [1.165, 1.54) is 29.2 Å². The lowest BCUT2D eigenvalue weighted by molar-refractivity contribution is -0.137. The Bertz CT molecular complexity index is 1010. The number of alkyl halides is 3. The average molecular weight is 463 g/mol. The molecule has 162 valence electrons. The predicted octanol–water partition coefficient (Wildman–Crippen LogP) is 3.41. The van der Waals surface area contributed by atoms with Crippen molar-refractivity contribution in [2.75, 3.05) is 37.2 Å². The second-order valence-electron chi connectivity index (χ2n) is 6.48. The number of nitrogens with zero attached hydrogens (tertiary/aromatic N) is 2. The maximum absolute atomic E-state index is 13.3. The van der Waals surface area contributed by atoms with Crippen molar-refractivity contribution in [1.82, 2.24) is 4.90 Å². The van der Waals surface area contributed by atoms with Gasteiger partial charge in [0, 0.05) is 13.1 Å². The Labute approximate surface area is 176 Å². The molecule has 1 aliphatic heterocycles. The minimum absolute atomic E-state index is 0.173. The highest BCUT2D eigenvalue weighted by atomic mass is 35.5. The number of hydrogen-bond donors (Lipinski definition) is 0. The Kier molecular flexibility index (Phi) is 6.59. The summed E-state index contributed by atoms with van der Waals surface area (Å²) in [6.07, 6.45) is -4.71. The van der Waals surface area contributed by atoms with Gasteiger partial charge in [0.15, 0.2) is 0 Å². The van der Waals surface area contributed by atoms with Gasteiger partial charge in [0.25, 0.3) is 10.0 Å². The van der Waals surface area contributed by atoms with Crippen molar-refractivity contribution in [2.45, 2.75) is 11.1 Å². The highest BCUT2D eigenvalue weighted by Crippen LogP contribution is 2.37. The quantitative estimate of drug-likeness (QED) is 0.683. The van der Waals surface area contributed by atoms with Crippen LogP contribution in [-0.4, -0.2) is 52.1 Å². The van der Waals surface area contributed by atoms with Gasteiger partial charge in [0.2, 0.25) is 5.91 Å². The molecule has 0 saturated carbocycles. The van der Waals surface area contributed by atoms with Crippen LogP contribution < -0.4 is 4.31 Å². The molecule has 0 radical (unpaired) electrons. The standard InChI is InChI=1S/C19H18ClF3N2O4S/c20-16-7-6-14(19(21,22)23)12-17(16)25(13-18(26)24-8-10-29-11-9-24)30(27,28)15-4-2-1-3-5-15/h1-7,12H,8-11,13H2. The summed E-state index contributed by atoms with van der Waals surface area (Å²) < 4.78 is 72.0. The largest absolute Gasteiger partial charge is 0.416 e. The van der Waals surface area contributed by atoms with E-state index in [0.29, 0.717) is 23.6 Å². The van der Waals surface area contributed by atoms with Crippen LogP contribution in [-0.2, 0) is 25.7 Å². The summed E-state index contributed by atoms with van der Waals surface area (Å²) in [4.78, 5) is 14.0. The molecule has 0 unspecified atom stereocenters. The van der Waals surface area contributed by atoms with Crippen LogP contribution in [0.25, 0.3) is 0 Å². The number of morpholine rings is 1. The minimum Gasteiger partial charge on any atom is -0.378 e. The first-order valence-electron chi connectivity index (χ1n) is 8.91. The maximum atomic E-state index is 13.3. The molecule has 30 heavy (non-hydrogen) atoms. The van der Waals surface area contributed by atoms with E-state index in [1.54, 1.807) is 6.07 Å². The van der Waals surface area contributed by atoms with Crippen molar-refractivity contribution in [3.8, 4) is 0 Å². The molecule has 3 rings (SSSR count). The number of anilines is 1. The number of rotatable bonds is 5. The zero-order valence-corrected chi connectivity index (χ0v) is 17.2. The van der Waals surface area contributed by atoms with Crippen molar-refractivity contribution >= 4 is 33.2 Å². The van der Waals surface area contributed by atoms with Crippen molar-refractivity contribution in [3.63, 3.8) is 0 Å². The van der Waals surface area contributed by atoms with Gasteiger partial charge in [-0.2, -0.15) is 13.2 Å². The highest BCUT2D eigenvalue weighted by Gasteiger charge is 2.35. The number of sulfonamides is 1. The Balaban J connectivity index is 2.07. The molecule has 2 aromatic carbocycles. The van der Waals surface area contributed by atoms with Gasteiger partial charge in [0.1, 0.15) is 6.54 Å². The van der Waals surface area contributed by atoms with Crippen molar-refractivity contribution in [3.05, 3.63) is 59.1 Å². The molecular weight excluding hydrogens is 445 g/mol. The third kappa shape index (κ3) is 4.88. The van der Waals surface area contributed by atoms with Gasteiger partial charge in [-0.3, -0.25) is 9.10 Å². The van der Waals surface area contributed by atoms with Gasteiger partial charge in [-0.15, -0.1) is 0 Å². The number of ether oxygens (including phenoxy) is 1. The fourth-order valence-electron chi connectivity index (χ4n) is 2.94. The molecule has 1 aliphatic rings. The number of carbonyl (C=O) groups is 1. The monoisotopic (exact) mass is 462 g/mol. The number of benzene rings is 2. The van der Waals surface area contributed by atoms with Crippen LogP contribution in [0.1, 0.15) is 5.56 Å². The van der Waals surface area contributed by atoms with Crippen LogP contribution in [0.3, 0.4) is 0 Å². The van der Waals surface area contributed by atoms with Gasteiger partial charge in [0.05, 0.1) is 34.4 Å². The first kappa shape index (κ1) is 22.4. The highest BCUT2D eigenvalue weighted by molar-refractivity contribution is 7.92. The molecule has 0 spiro atoms. The molecule has 11 heteroatoms. The lowest BCUT2D eigenvalue weighted by Gasteiger charge is -2.31. The van der Waals surface area contributed by atoms with E-state index < -0.39 is 39.9 Å². The fraction of sp³-hybridized carbons (Fsp3) is 0.316. The Hall–Kier alpha value is -2.30. The zero-order valence-electron chi connectivity index (χ0n) is 15.6. The third-order valence-corrected chi connectivity index (χ3v) is 6.61. The molecule has 0 aliphatic carbocycles. The molecular formula is C19H18ClF3N2O4S. The van der Waals surface area contributed by atoms with Crippen LogP contribution in [0.5, 0.6) is 0 Å². The lowest BCUT2D eigenvalue weighted by atomic mass is 10.2.